The van der Waals surface area contributed by atoms with Crippen LogP contribution in [0.15, 0.2) is 29.6 Å². The fourth-order valence-corrected chi connectivity index (χ4v) is 9.86. The molecule has 1 N–H and O–H groups in total. The fourth-order valence-electron chi connectivity index (χ4n) is 8.07. The molecule has 1 heterocycles. The Balaban J connectivity index is 1.24. The van der Waals surface area contributed by atoms with E-state index in [1.807, 2.05) is 26.8 Å². The highest BCUT2D eigenvalue weighted by atomic mass is 32.1. The van der Waals surface area contributed by atoms with Crippen molar-refractivity contribution in [1.82, 2.24) is 4.98 Å². The first-order chi connectivity index (χ1) is 22.7. The Kier molecular flexibility index (Phi) is 12.6. The van der Waals surface area contributed by atoms with Gasteiger partial charge in [-0.3, -0.25) is 13.8 Å². The number of rotatable bonds is 17. The molecule has 0 aliphatic heterocycles. The summed E-state index contributed by atoms with van der Waals surface area (Å²) >= 11 is 1.50. The van der Waals surface area contributed by atoms with Crippen LogP contribution in [-0.4, -0.2) is 43.7 Å². The number of carbonyl (C=O) groups is 1. The predicted molar refractivity (Wildman–Crippen MR) is 185 cm³/mol. The molecule has 2 fully saturated rings. The number of anilines is 1. The first kappa shape index (κ1) is 36.0. The van der Waals surface area contributed by atoms with E-state index in [2.05, 4.69) is 34.5 Å². The van der Waals surface area contributed by atoms with Gasteiger partial charge in [-0.1, -0.05) is 44.8 Å². The quantitative estimate of drug-likeness (QED) is 0.0757. The molecule has 12 heteroatoms. The van der Waals surface area contributed by atoms with Gasteiger partial charge in [0.2, 0.25) is 5.91 Å². The maximum Gasteiger partial charge on any atom is 0.477 e. The highest BCUT2D eigenvalue weighted by Crippen LogP contribution is 2.62. The molecule has 1 amide bonds. The molecule has 3 aliphatic rings. The minimum atomic E-state index is -3.69. The highest BCUT2D eigenvalue weighted by molar-refractivity contribution is 7.48. The molecule has 5 rings (SSSR count). The van der Waals surface area contributed by atoms with E-state index in [-0.39, 0.29) is 18.1 Å². The largest absolute Gasteiger partial charge is 0.477 e. The molecule has 2 aromatic rings. The lowest BCUT2D eigenvalue weighted by molar-refractivity contribution is -0.116. The van der Waals surface area contributed by atoms with Gasteiger partial charge < -0.3 is 14.9 Å². The van der Waals surface area contributed by atoms with Gasteiger partial charge in [0, 0.05) is 22.9 Å². The first-order valence-electron chi connectivity index (χ1n) is 17.3. The predicted octanol–water partition coefficient (Wildman–Crippen LogP) is 9.05. The summed E-state index contributed by atoms with van der Waals surface area (Å²) in [5.74, 6) is 2.44. The molecule has 0 bridgehead atoms. The summed E-state index contributed by atoms with van der Waals surface area (Å²) in [6, 6.07) is 6.31. The van der Waals surface area contributed by atoms with Crippen LogP contribution in [0.5, 0.6) is 5.75 Å². The number of carbonyl (C=O) groups excluding carboxylic acids is 1. The smallest absolute Gasteiger partial charge is 0.467 e. The van der Waals surface area contributed by atoms with E-state index in [1.165, 1.54) is 22.5 Å². The van der Waals surface area contributed by atoms with Gasteiger partial charge in [0.1, 0.15) is 12.9 Å². The number of unbranched alkanes of at least 4 members (excludes halogenated alkanes) is 2. The van der Waals surface area contributed by atoms with Crippen LogP contribution in [0.4, 0.5) is 5.13 Å². The molecule has 10 nitrogen and oxygen atoms in total. The molecule has 2 saturated carbocycles. The van der Waals surface area contributed by atoms with Crippen molar-refractivity contribution in [1.29, 1.82) is 0 Å². The van der Waals surface area contributed by atoms with Crippen molar-refractivity contribution < 1.29 is 32.5 Å². The Labute approximate surface area is 283 Å². The third-order valence-corrected chi connectivity index (χ3v) is 12.6. The number of hydrogen-bond donors (Lipinski definition) is 1. The number of aryl methyl sites for hydroxylation is 2. The van der Waals surface area contributed by atoms with Crippen molar-refractivity contribution in [3.05, 3.63) is 40.4 Å². The van der Waals surface area contributed by atoms with Crippen molar-refractivity contribution in [3.63, 3.8) is 0 Å². The number of ether oxygens (including phenoxy) is 1. The molecular formula is C35H52N3O7PS. The van der Waals surface area contributed by atoms with Crippen LogP contribution >= 0.6 is 19.2 Å². The van der Waals surface area contributed by atoms with Crippen LogP contribution in [0.3, 0.4) is 0 Å². The Morgan fingerprint density at radius 3 is 2.60 bits per heavy atom. The average molecular weight is 690 g/mol. The third kappa shape index (κ3) is 8.66. The lowest BCUT2D eigenvalue weighted by Gasteiger charge is -2.50. The lowest BCUT2D eigenvalue weighted by Crippen LogP contribution is -2.44. The van der Waals surface area contributed by atoms with Crippen LogP contribution in [0.2, 0.25) is 0 Å². The average Bonchev–Trinajstić information content (AvgIpc) is 3.59. The SMILES string of the molecule is CCCCOP(=O)(OCCCC)OCOc1ccc2c(c1)CCC1C2CC[C@]2(C)/C(=N/OC)C[C@@H](CCC(=O)Nc3ncc(C)s3)C12. The first-order valence-corrected chi connectivity index (χ1v) is 19.6. The minimum absolute atomic E-state index is 0.0208. The van der Waals surface area contributed by atoms with Crippen LogP contribution in [0, 0.1) is 30.1 Å². The van der Waals surface area contributed by atoms with E-state index >= 15 is 0 Å². The number of nitrogens with one attached hydrogen (secondary N) is 1. The van der Waals surface area contributed by atoms with Gasteiger partial charge in [-0.05, 0) is 105 Å². The number of nitrogens with zero attached hydrogens (tertiary/aromatic N) is 2. The lowest BCUT2D eigenvalue weighted by atomic mass is 9.54. The number of oxime groups is 1. The zero-order valence-corrected chi connectivity index (χ0v) is 30.3. The summed E-state index contributed by atoms with van der Waals surface area (Å²) in [4.78, 5) is 23.6. The number of benzene rings is 1. The Morgan fingerprint density at radius 1 is 1.15 bits per heavy atom. The van der Waals surface area contributed by atoms with Crippen LogP contribution < -0.4 is 10.1 Å². The molecule has 3 unspecified atom stereocenters. The van der Waals surface area contributed by atoms with E-state index < -0.39 is 7.82 Å². The van der Waals surface area contributed by atoms with Gasteiger partial charge in [-0.25, -0.2) is 14.1 Å². The van der Waals surface area contributed by atoms with Gasteiger partial charge in [0.25, 0.3) is 0 Å². The second kappa shape index (κ2) is 16.4. The third-order valence-electron chi connectivity index (χ3n) is 10.3. The molecule has 0 saturated heterocycles. The standard InChI is InChI=1S/C35H52N3O7PS/c1-6-8-18-43-46(40,44-19-9-7-2)45-23-42-27-12-14-28-25(20-27)10-13-30-29(28)16-17-35(4)31(38-41-5)21-26(33(30)35)11-15-32(39)37-34-36-22-24(3)47-34/h12,14,20,22,26,29-30,33H,6-11,13,15-19,21,23H2,1-5H3,(H,36,37,39)/b38-31+/t26-,29?,30?,33?,35-/m1/s1. The van der Waals surface area contributed by atoms with Gasteiger partial charge >= 0.3 is 7.82 Å². The molecule has 5 atom stereocenters. The second-order valence-corrected chi connectivity index (χ2v) is 16.3. The van der Waals surface area contributed by atoms with Crippen molar-refractivity contribution in [2.75, 3.05) is 32.4 Å². The summed E-state index contributed by atoms with van der Waals surface area (Å²) in [5.41, 5.74) is 3.80. The van der Waals surface area contributed by atoms with Gasteiger partial charge in [-0.2, -0.15) is 0 Å². The molecule has 47 heavy (non-hydrogen) atoms. The van der Waals surface area contributed by atoms with Gasteiger partial charge in [0.05, 0.1) is 18.9 Å². The number of phosphoric ester groups is 1. The van der Waals surface area contributed by atoms with Gasteiger partial charge in [-0.15, -0.1) is 11.3 Å². The normalized spacial score (nSPS) is 26.0. The highest BCUT2D eigenvalue weighted by Gasteiger charge is 2.57. The Morgan fingerprint density at radius 2 is 1.91 bits per heavy atom. The van der Waals surface area contributed by atoms with Crippen molar-refractivity contribution in [2.24, 2.45) is 28.3 Å². The zero-order valence-electron chi connectivity index (χ0n) is 28.6. The number of fused-ring (bicyclic) bond motifs is 5. The number of thiazole rings is 1. The maximum absolute atomic E-state index is 13.1. The number of hydrogen-bond acceptors (Lipinski definition) is 10. The molecule has 1 aromatic heterocycles. The summed E-state index contributed by atoms with van der Waals surface area (Å²) in [5, 5.41) is 8.20. The number of phosphoric acid groups is 1. The molecule has 0 spiro atoms. The molecular weight excluding hydrogens is 637 g/mol. The van der Waals surface area contributed by atoms with Crippen molar-refractivity contribution in [2.45, 2.75) is 104 Å². The summed E-state index contributed by atoms with van der Waals surface area (Å²) in [7, 11) is -2.06. The van der Waals surface area contributed by atoms with Crippen LogP contribution in [-0.2, 0) is 34.2 Å². The molecule has 260 valence electrons. The zero-order chi connectivity index (χ0) is 33.4. The van der Waals surface area contributed by atoms with E-state index in [1.54, 1.807) is 13.3 Å². The van der Waals surface area contributed by atoms with Gasteiger partial charge in [0.15, 0.2) is 11.9 Å². The van der Waals surface area contributed by atoms with E-state index in [9.17, 15) is 9.36 Å². The van der Waals surface area contributed by atoms with Crippen molar-refractivity contribution in [3.8, 4) is 5.75 Å². The maximum atomic E-state index is 13.1. The molecule has 0 radical (unpaired) electrons. The van der Waals surface area contributed by atoms with Crippen LogP contribution in [0.1, 0.15) is 107 Å². The number of amides is 1. The number of aromatic nitrogens is 1. The van der Waals surface area contributed by atoms with E-state index in [0.29, 0.717) is 54.2 Å². The summed E-state index contributed by atoms with van der Waals surface area (Å²) in [6.07, 6.45) is 11.5. The molecule has 1 aromatic carbocycles. The minimum Gasteiger partial charge on any atom is -0.467 e. The Bertz CT molecular complexity index is 1420. The summed E-state index contributed by atoms with van der Waals surface area (Å²) in [6.45, 7) is 8.89. The second-order valence-electron chi connectivity index (χ2n) is 13.4. The summed E-state index contributed by atoms with van der Waals surface area (Å²) < 4.78 is 35.7. The van der Waals surface area contributed by atoms with E-state index in [0.717, 1.165) is 74.8 Å². The van der Waals surface area contributed by atoms with E-state index in [4.69, 9.17) is 23.1 Å². The Hall–Kier alpha value is -2.30. The molecule has 3 aliphatic carbocycles. The van der Waals surface area contributed by atoms with Crippen molar-refractivity contribution >= 4 is 35.9 Å². The van der Waals surface area contributed by atoms with Crippen LogP contribution in [0.25, 0.3) is 0 Å². The topological polar surface area (TPSA) is 118 Å². The fraction of sp³-hybridized carbons (Fsp3) is 0.686. The monoisotopic (exact) mass is 689 g/mol.